The fourth-order valence-electron chi connectivity index (χ4n) is 1.99. The van der Waals surface area contributed by atoms with Crippen LogP contribution in [0.3, 0.4) is 0 Å². The summed E-state index contributed by atoms with van der Waals surface area (Å²) in [7, 11) is 5.30. The molecule has 1 N–H and O–H groups in total. The average molecular weight is 295 g/mol. The minimum absolute atomic E-state index is 0.0166. The van der Waals surface area contributed by atoms with Gasteiger partial charge in [0.1, 0.15) is 5.82 Å². The summed E-state index contributed by atoms with van der Waals surface area (Å²) in [5, 5.41) is 3.31. The first-order valence-corrected chi connectivity index (χ1v) is 7.21. The zero-order valence-corrected chi connectivity index (χ0v) is 13.6. The Balaban J connectivity index is 2.82. The van der Waals surface area contributed by atoms with Crippen LogP contribution in [0.2, 0.25) is 0 Å². The molecule has 0 aliphatic rings. The number of anilines is 1. The number of carbonyl (C=O) groups is 1. The lowest BCUT2D eigenvalue weighted by molar-refractivity contribution is -0.127. The summed E-state index contributed by atoms with van der Waals surface area (Å²) in [4.78, 5) is 15.2. The lowest BCUT2D eigenvalue weighted by atomic mass is 10.1. The smallest absolute Gasteiger partial charge is 0.241 e. The molecule has 0 saturated heterocycles. The lowest BCUT2D eigenvalue weighted by Gasteiger charge is -2.24. The van der Waals surface area contributed by atoms with Crippen molar-refractivity contribution in [1.82, 2.24) is 10.2 Å². The molecule has 0 radical (unpaired) electrons. The van der Waals surface area contributed by atoms with E-state index in [9.17, 15) is 9.18 Å². The topological polar surface area (TPSA) is 35.6 Å². The number of carbonyl (C=O) groups excluding carboxylic acids is 1. The molecule has 5 heteroatoms. The Labute approximate surface area is 126 Å². The quantitative estimate of drug-likeness (QED) is 0.837. The standard InChI is InChI=1S/C16H26FN3O/c1-12(2)9-18-10-13-8-14(17)6-7-15(13)20(5)11-16(21)19(3)4/h6-8,12,18H,9-11H2,1-5H3. The van der Waals surface area contributed by atoms with Crippen LogP contribution in [0.25, 0.3) is 0 Å². The molecule has 21 heavy (non-hydrogen) atoms. The van der Waals surface area contributed by atoms with Gasteiger partial charge in [0.2, 0.25) is 5.91 Å². The molecule has 0 aromatic heterocycles. The van der Waals surface area contributed by atoms with Crippen LogP contribution < -0.4 is 10.2 Å². The van der Waals surface area contributed by atoms with Crippen molar-refractivity contribution in [1.29, 1.82) is 0 Å². The molecule has 118 valence electrons. The molecule has 1 amide bonds. The minimum Gasteiger partial charge on any atom is -0.365 e. The molecule has 0 heterocycles. The van der Waals surface area contributed by atoms with Crippen LogP contribution in [0.4, 0.5) is 10.1 Å². The van der Waals surface area contributed by atoms with Gasteiger partial charge in [-0.3, -0.25) is 4.79 Å². The summed E-state index contributed by atoms with van der Waals surface area (Å²) in [6, 6.07) is 4.68. The Bertz CT molecular complexity index is 475. The molecule has 0 unspecified atom stereocenters. The van der Waals surface area contributed by atoms with Crippen molar-refractivity contribution in [3.63, 3.8) is 0 Å². The fraction of sp³-hybridized carbons (Fsp3) is 0.562. The molecule has 1 aromatic rings. The number of likely N-dealkylation sites (N-methyl/N-ethyl adjacent to an activating group) is 2. The summed E-state index contributed by atoms with van der Waals surface area (Å²) in [6.07, 6.45) is 0. The third-order valence-electron chi connectivity index (χ3n) is 3.19. The number of amides is 1. The minimum atomic E-state index is -0.257. The molecule has 0 spiro atoms. The first kappa shape index (κ1) is 17.4. The molecule has 0 bridgehead atoms. The summed E-state index contributed by atoms with van der Waals surface area (Å²) in [5.41, 5.74) is 1.74. The number of nitrogens with one attached hydrogen (secondary N) is 1. The second-order valence-corrected chi connectivity index (χ2v) is 5.94. The molecule has 0 atom stereocenters. The van der Waals surface area contributed by atoms with Gasteiger partial charge in [0.05, 0.1) is 6.54 Å². The third kappa shape index (κ3) is 5.71. The van der Waals surface area contributed by atoms with Gasteiger partial charge in [-0.1, -0.05) is 13.8 Å². The number of benzene rings is 1. The van der Waals surface area contributed by atoms with Crippen molar-refractivity contribution in [2.45, 2.75) is 20.4 Å². The Morgan fingerprint density at radius 2 is 1.95 bits per heavy atom. The Morgan fingerprint density at radius 1 is 1.29 bits per heavy atom. The van der Waals surface area contributed by atoms with Crippen LogP contribution in [0.15, 0.2) is 18.2 Å². The van der Waals surface area contributed by atoms with Crippen LogP contribution in [-0.2, 0) is 11.3 Å². The molecule has 0 aliphatic heterocycles. The van der Waals surface area contributed by atoms with Crippen LogP contribution in [0.1, 0.15) is 19.4 Å². The summed E-state index contributed by atoms with van der Waals surface area (Å²) >= 11 is 0. The van der Waals surface area contributed by atoms with Crippen LogP contribution in [0.5, 0.6) is 0 Å². The molecule has 0 aliphatic carbocycles. The first-order chi connectivity index (χ1) is 9.81. The Kier molecular flexibility index (Phi) is 6.62. The third-order valence-corrected chi connectivity index (χ3v) is 3.19. The zero-order valence-electron chi connectivity index (χ0n) is 13.6. The Hall–Kier alpha value is -1.62. The van der Waals surface area contributed by atoms with Crippen LogP contribution >= 0.6 is 0 Å². The molecular formula is C16H26FN3O. The van der Waals surface area contributed by atoms with E-state index in [0.717, 1.165) is 17.8 Å². The summed E-state index contributed by atoms with van der Waals surface area (Å²) < 4.78 is 13.5. The van der Waals surface area contributed by atoms with Crippen LogP contribution in [-0.4, -0.2) is 45.0 Å². The van der Waals surface area contributed by atoms with Crippen LogP contribution in [0, 0.1) is 11.7 Å². The zero-order chi connectivity index (χ0) is 16.0. The van der Waals surface area contributed by atoms with Gasteiger partial charge in [0, 0.05) is 33.4 Å². The molecule has 4 nitrogen and oxygen atoms in total. The number of rotatable bonds is 7. The van der Waals surface area contributed by atoms with E-state index in [1.165, 1.54) is 12.1 Å². The molecule has 1 rings (SSSR count). The van der Waals surface area contributed by atoms with Gasteiger partial charge in [-0.15, -0.1) is 0 Å². The van der Waals surface area contributed by atoms with Gasteiger partial charge >= 0.3 is 0 Å². The van der Waals surface area contributed by atoms with Crippen molar-refractivity contribution < 1.29 is 9.18 Å². The van der Waals surface area contributed by atoms with Crippen molar-refractivity contribution in [2.24, 2.45) is 5.92 Å². The highest BCUT2D eigenvalue weighted by Gasteiger charge is 2.13. The second-order valence-electron chi connectivity index (χ2n) is 5.94. The van der Waals surface area contributed by atoms with Gasteiger partial charge in [0.25, 0.3) is 0 Å². The van der Waals surface area contributed by atoms with E-state index in [0.29, 0.717) is 12.5 Å². The summed E-state index contributed by atoms with van der Waals surface area (Å²) in [6.45, 7) is 5.99. The highest BCUT2D eigenvalue weighted by atomic mass is 19.1. The monoisotopic (exact) mass is 295 g/mol. The number of hydrogen-bond acceptors (Lipinski definition) is 3. The highest BCUT2D eigenvalue weighted by molar-refractivity contribution is 5.81. The predicted octanol–water partition coefficient (Wildman–Crippen LogP) is 2.10. The maximum absolute atomic E-state index is 13.5. The molecule has 0 saturated carbocycles. The lowest BCUT2D eigenvalue weighted by Crippen LogP contribution is -2.35. The maximum atomic E-state index is 13.5. The SMILES string of the molecule is CC(C)CNCc1cc(F)ccc1N(C)CC(=O)N(C)C. The highest BCUT2D eigenvalue weighted by Crippen LogP contribution is 2.20. The van der Waals surface area contributed by atoms with E-state index >= 15 is 0 Å². The average Bonchev–Trinajstić information content (AvgIpc) is 2.38. The van der Waals surface area contributed by atoms with Crippen molar-refractivity contribution >= 4 is 11.6 Å². The van der Waals surface area contributed by atoms with Crippen molar-refractivity contribution in [2.75, 3.05) is 39.1 Å². The van der Waals surface area contributed by atoms with Gasteiger partial charge in [-0.05, 0) is 36.2 Å². The first-order valence-electron chi connectivity index (χ1n) is 7.21. The van der Waals surface area contributed by atoms with E-state index in [2.05, 4.69) is 19.2 Å². The molecular weight excluding hydrogens is 269 g/mol. The number of halogens is 1. The van der Waals surface area contributed by atoms with Gasteiger partial charge < -0.3 is 15.1 Å². The van der Waals surface area contributed by atoms with E-state index in [4.69, 9.17) is 0 Å². The number of hydrogen-bond donors (Lipinski definition) is 1. The van der Waals surface area contributed by atoms with Crippen molar-refractivity contribution in [3.05, 3.63) is 29.6 Å². The maximum Gasteiger partial charge on any atom is 0.241 e. The fourth-order valence-corrected chi connectivity index (χ4v) is 1.99. The van der Waals surface area contributed by atoms with E-state index in [1.54, 1.807) is 25.1 Å². The molecule has 0 fully saturated rings. The van der Waals surface area contributed by atoms with Gasteiger partial charge in [-0.2, -0.15) is 0 Å². The largest absolute Gasteiger partial charge is 0.365 e. The summed E-state index contributed by atoms with van der Waals surface area (Å²) in [5.74, 6) is 0.297. The van der Waals surface area contributed by atoms with E-state index in [-0.39, 0.29) is 18.3 Å². The number of nitrogens with zero attached hydrogens (tertiary/aromatic N) is 2. The van der Waals surface area contributed by atoms with E-state index < -0.39 is 0 Å². The van der Waals surface area contributed by atoms with Crippen molar-refractivity contribution in [3.8, 4) is 0 Å². The Morgan fingerprint density at radius 3 is 2.52 bits per heavy atom. The predicted molar refractivity (Wildman–Crippen MR) is 84.9 cm³/mol. The molecule has 1 aromatic carbocycles. The normalized spacial score (nSPS) is 10.8. The van der Waals surface area contributed by atoms with Gasteiger partial charge in [0.15, 0.2) is 0 Å². The second kappa shape index (κ2) is 7.98. The van der Waals surface area contributed by atoms with Gasteiger partial charge in [-0.25, -0.2) is 4.39 Å². The van der Waals surface area contributed by atoms with E-state index in [1.807, 2.05) is 11.9 Å².